The van der Waals surface area contributed by atoms with E-state index in [1.165, 1.54) is 0 Å². The van der Waals surface area contributed by atoms with Crippen LogP contribution in [0.5, 0.6) is 0 Å². The predicted octanol–water partition coefficient (Wildman–Crippen LogP) is 1.98. The summed E-state index contributed by atoms with van der Waals surface area (Å²) in [4.78, 5) is 15.1. The van der Waals surface area contributed by atoms with Crippen molar-refractivity contribution in [1.29, 1.82) is 0 Å². The van der Waals surface area contributed by atoms with Gasteiger partial charge in [-0.3, -0.25) is 4.79 Å². The molecule has 1 amide bonds. The van der Waals surface area contributed by atoms with Gasteiger partial charge in [0.2, 0.25) is 0 Å². The molecule has 0 aromatic carbocycles. The van der Waals surface area contributed by atoms with E-state index in [1.54, 1.807) is 16.2 Å². The van der Waals surface area contributed by atoms with E-state index in [-0.39, 0.29) is 5.91 Å². The van der Waals surface area contributed by atoms with Gasteiger partial charge in [-0.1, -0.05) is 11.8 Å². The van der Waals surface area contributed by atoms with Gasteiger partial charge in [0.15, 0.2) is 0 Å². The molecule has 0 aliphatic heterocycles. The molecule has 0 aliphatic rings. The molecule has 21 heavy (non-hydrogen) atoms. The molecule has 4 nitrogen and oxygen atoms in total. The van der Waals surface area contributed by atoms with Crippen LogP contribution in [0.15, 0.2) is 23.6 Å². The Morgan fingerprint density at radius 1 is 1.48 bits per heavy atom. The quantitative estimate of drug-likeness (QED) is 0.881. The van der Waals surface area contributed by atoms with Crippen LogP contribution in [-0.2, 0) is 13.6 Å². The van der Waals surface area contributed by atoms with Crippen LogP contribution in [0.25, 0.3) is 0 Å². The molecule has 2 aromatic heterocycles. The molecular weight excluding hydrogens is 282 g/mol. The SMILES string of the molecule is Cc1ccc(C(=O)N(C)Cc2csc(C#CCN)c2)n1C. The summed E-state index contributed by atoms with van der Waals surface area (Å²) >= 11 is 1.57. The Balaban J connectivity index is 2.07. The molecule has 2 rings (SSSR count). The fraction of sp³-hybridized carbons (Fsp3) is 0.312. The van der Waals surface area contributed by atoms with Gasteiger partial charge in [-0.25, -0.2) is 0 Å². The van der Waals surface area contributed by atoms with E-state index in [9.17, 15) is 4.79 Å². The summed E-state index contributed by atoms with van der Waals surface area (Å²) in [5.41, 5.74) is 8.22. The Morgan fingerprint density at radius 2 is 2.24 bits per heavy atom. The number of thiophene rings is 1. The molecule has 0 bridgehead atoms. The van der Waals surface area contributed by atoms with E-state index < -0.39 is 0 Å². The fourth-order valence-corrected chi connectivity index (χ4v) is 2.80. The zero-order valence-corrected chi connectivity index (χ0v) is 13.3. The Bertz CT molecular complexity index is 703. The van der Waals surface area contributed by atoms with Gasteiger partial charge in [-0.05, 0) is 36.1 Å². The van der Waals surface area contributed by atoms with Gasteiger partial charge in [0.25, 0.3) is 5.91 Å². The van der Waals surface area contributed by atoms with Crippen molar-refractivity contribution >= 4 is 17.2 Å². The Hall–Kier alpha value is -2.03. The summed E-state index contributed by atoms with van der Waals surface area (Å²) < 4.78 is 1.91. The standard InChI is InChI=1S/C16H19N3OS/c1-12-6-7-15(19(12)3)16(20)18(2)10-13-9-14(21-11-13)5-4-8-17/h6-7,9,11H,8,10,17H2,1-3H3. The van der Waals surface area contributed by atoms with E-state index in [1.807, 2.05) is 49.2 Å². The second kappa shape index (κ2) is 6.61. The Labute approximate surface area is 129 Å². The second-order valence-corrected chi connectivity index (χ2v) is 5.82. The highest BCUT2D eigenvalue weighted by molar-refractivity contribution is 7.10. The summed E-state index contributed by atoms with van der Waals surface area (Å²) in [5, 5.41) is 2.03. The lowest BCUT2D eigenvalue weighted by Gasteiger charge is -2.17. The number of hydrogen-bond acceptors (Lipinski definition) is 3. The molecule has 0 saturated heterocycles. The average molecular weight is 301 g/mol. The molecule has 0 aliphatic carbocycles. The van der Waals surface area contributed by atoms with Crippen LogP contribution in [0.3, 0.4) is 0 Å². The van der Waals surface area contributed by atoms with Gasteiger partial charge in [-0.15, -0.1) is 11.3 Å². The minimum Gasteiger partial charge on any atom is -0.344 e. The molecule has 110 valence electrons. The number of amides is 1. The smallest absolute Gasteiger partial charge is 0.270 e. The molecule has 2 aromatic rings. The highest BCUT2D eigenvalue weighted by atomic mass is 32.1. The highest BCUT2D eigenvalue weighted by Crippen LogP contribution is 2.16. The Morgan fingerprint density at radius 3 is 2.86 bits per heavy atom. The first kappa shape index (κ1) is 15.4. The molecule has 5 heteroatoms. The summed E-state index contributed by atoms with van der Waals surface area (Å²) in [6.07, 6.45) is 0. The van der Waals surface area contributed by atoms with Crippen LogP contribution < -0.4 is 5.73 Å². The molecule has 0 radical (unpaired) electrons. The number of hydrogen-bond donors (Lipinski definition) is 1. The molecule has 0 fully saturated rings. The molecule has 0 unspecified atom stereocenters. The minimum absolute atomic E-state index is 0.0198. The number of carbonyl (C=O) groups excluding carboxylic acids is 1. The molecule has 2 heterocycles. The van der Waals surface area contributed by atoms with Crippen LogP contribution in [-0.4, -0.2) is 29.0 Å². The summed E-state index contributed by atoms with van der Waals surface area (Å²) in [6.45, 7) is 2.92. The molecule has 2 N–H and O–H groups in total. The number of carbonyl (C=O) groups is 1. The lowest BCUT2D eigenvalue weighted by molar-refractivity contribution is 0.0775. The molecule has 0 atom stereocenters. The first-order valence-corrected chi connectivity index (χ1v) is 7.55. The fourth-order valence-electron chi connectivity index (χ4n) is 2.03. The van der Waals surface area contributed by atoms with Gasteiger partial charge >= 0.3 is 0 Å². The second-order valence-electron chi connectivity index (χ2n) is 4.91. The van der Waals surface area contributed by atoms with Crippen LogP contribution >= 0.6 is 11.3 Å². The van der Waals surface area contributed by atoms with Crippen molar-refractivity contribution in [3.8, 4) is 11.8 Å². The van der Waals surface area contributed by atoms with Gasteiger partial charge < -0.3 is 15.2 Å². The minimum atomic E-state index is 0.0198. The molecule has 0 saturated carbocycles. The Kier molecular flexibility index (Phi) is 4.84. The number of aryl methyl sites for hydroxylation is 1. The van der Waals surface area contributed by atoms with Gasteiger partial charge in [-0.2, -0.15) is 0 Å². The third kappa shape index (κ3) is 3.54. The normalized spacial score (nSPS) is 10.1. The van der Waals surface area contributed by atoms with E-state index in [0.717, 1.165) is 16.1 Å². The van der Waals surface area contributed by atoms with Crippen LogP contribution in [0.2, 0.25) is 0 Å². The number of rotatable bonds is 3. The lowest BCUT2D eigenvalue weighted by atomic mass is 10.2. The average Bonchev–Trinajstić information content (AvgIpc) is 3.04. The van der Waals surface area contributed by atoms with E-state index >= 15 is 0 Å². The monoisotopic (exact) mass is 301 g/mol. The van der Waals surface area contributed by atoms with Crippen molar-refractivity contribution in [3.63, 3.8) is 0 Å². The lowest BCUT2D eigenvalue weighted by Crippen LogP contribution is -2.27. The number of nitrogens with two attached hydrogens (primary N) is 1. The predicted molar refractivity (Wildman–Crippen MR) is 86.2 cm³/mol. The first-order chi connectivity index (χ1) is 10.0. The van der Waals surface area contributed by atoms with E-state index in [2.05, 4.69) is 11.8 Å². The van der Waals surface area contributed by atoms with Crippen LogP contribution in [0.1, 0.15) is 26.6 Å². The number of aromatic nitrogens is 1. The summed E-state index contributed by atoms with van der Waals surface area (Å²) in [6, 6.07) is 5.82. The first-order valence-electron chi connectivity index (χ1n) is 6.67. The van der Waals surface area contributed by atoms with Gasteiger partial charge in [0.1, 0.15) is 5.69 Å². The van der Waals surface area contributed by atoms with Crippen molar-refractivity contribution in [2.24, 2.45) is 12.8 Å². The summed E-state index contributed by atoms with van der Waals surface area (Å²) in [5.74, 6) is 5.86. The maximum Gasteiger partial charge on any atom is 0.270 e. The van der Waals surface area contributed by atoms with Crippen LogP contribution in [0.4, 0.5) is 0 Å². The van der Waals surface area contributed by atoms with E-state index in [4.69, 9.17) is 5.73 Å². The zero-order chi connectivity index (χ0) is 15.4. The number of nitrogens with zero attached hydrogens (tertiary/aromatic N) is 2. The third-order valence-corrected chi connectivity index (χ3v) is 4.22. The topological polar surface area (TPSA) is 51.3 Å². The zero-order valence-electron chi connectivity index (χ0n) is 12.5. The van der Waals surface area contributed by atoms with Gasteiger partial charge in [0, 0.05) is 26.3 Å². The van der Waals surface area contributed by atoms with Crippen molar-refractivity contribution < 1.29 is 4.79 Å². The van der Waals surface area contributed by atoms with Crippen LogP contribution in [0, 0.1) is 18.8 Å². The van der Waals surface area contributed by atoms with Crippen molar-refractivity contribution in [1.82, 2.24) is 9.47 Å². The maximum atomic E-state index is 12.4. The van der Waals surface area contributed by atoms with E-state index in [0.29, 0.717) is 18.8 Å². The van der Waals surface area contributed by atoms with Crippen molar-refractivity contribution in [2.45, 2.75) is 13.5 Å². The van der Waals surface area contributed by atoms with Crippen molar-refractivity contribution in [3.05, 3.63) is 45.4 Å². The third-order valence-electron chi connectivity index (χ3n) is 3.33. The molecular formula is C16H19N3OS. The molecule has 0 spiro atoms. The van der Waals surface area contributed by atoms with Gasteiger partial charge in [0.05, 0.1) is 11.4 Å². The maximum absolute atomic E-state index is 12.4. The summed E-state index contributed by atoms with van der Waals surface area (Å²) in [7, 11) is 3.72. The van der Waals surface area contributed by atoms with Crippen molar-refractivity contribution in [2.75, 3.05) is 13.6 Å². The highest BCUT2D eigenvalue weighted by Gasteiger charge is 2.16. The largest absolute Gasteiger partial charge is 0.344 e.